The summed E-state index contributed by atoms with van der Waals surface area (Å²) >= 11 is 7.59. The smallest absolute Gasteiger partial charge is 0.340 e. The van der Waals surface area contributed by atoms with E-state index in [0.717, 1.165) is 0 Å². The van der Waals surface area contributed by atoms with Gasteiger partial charge < -0.3 is 24.4 Å². The van der Waals surface area contributed by atoms with Gasteiger partial charge in [-0.05, 0) is 37.0 Å². The van der Waals surface area contributed by atoms with Gasteiger partial charge in [0, 0.05) is 11.5 Å². The number of halogens is 1. The summed E-state index contributed by atoms with van der Waals surface area (Å²) in [5.74, 6) is -1.04. The number of carbonyl (C=O) groups excluding carboxylic acids is 2. The Bertz CT molecular complexity index is 926. The fourth-order valence-corrected chi connectivity index (χ4v) is 3.35. The lowest BCUT2D eigenvalue weighted by atomic mass is 10.0. The summed E-state index contributed by atoms with van der Waals surface area (Å²) in [6.45, 7) is 1.68. The van der Waals surface area contributed by atoms with Crippen LogP contribution in [0.3, 0.4) is 0 Å². The van der Waals surface area contributed by atoms with E-state index in [1.807, 2.05) is 6.26 Å². The van der Waals surface area contributed by atoms with Crippen LogP contribution in [0.1, 0.15) is 17.5 Å². The van der Waals surface area contributed by atoms with E-state index in [1.165, 1.54) is 24.9 Å². The van der Waals surface area contributed by atoms with Crippen molar-refractivity contribution in [3.05, 3.63) is 38.7 Å². The zero-order valence-corrected chi connectivity index (χ0v) is 16.7. The normalized spacial score (nSPS) is 12.0. The molecule has 0 spiro atoms. The number of methoxy groups -OCH3 is 1. The molecule has 0 aliphatic rings. The van der Waals surface area contributed by atoms with Crippen molar-refractivity contribution in [2.75, 3.05) is 19.1 Å². The molecule has 0 aliphatic heterocycles. The molecule has 1 aromatic heterocycles. The largest absolute Gasteiger partial charge is 0.548 e. The minimum absolute atomic E-state index is 0.142. The third kappa shape index (κ3) is 4.95. The van der Waals surface area contributed by atoms with Crippen molar-refractivity contribution in [3.63, 3.8) is 0 Å². The first kappa shape index (κ1) is 21.1. The minimum atomic E-state index is -1.36. The van der Waals surface area contributed by atoms with Crippen LogP contribution in [0.25, 0.3) is 11.0 Å². The molecule has 0 radical (unpaired) electrons. The van der Waals surface area contributed by atoms with E-state index in [0.29, 0.717) is 27.5 Å². The molecule has 7 nitrogen and oxygen atoms in total. The lowest BCUT2D eigenvalue weighted by molar-refractivity contribution is -0.308. The molecular weight excluding hydrogens is 394 g/mol. The number of amides is 1. The Kier molecular flexibility index (Phi) is 7.15. The van der Waals surface area contributed by atoms with E-state index >= 15 is 0 Å². The standard InChI is InChI=1S/C18H20ClNO6S/c1-9-10-6-12(19)15(25-2)8-14(10)26-18(24)11(9)7-16(21)20-13(17(22)23)4-5-27-3/h6,8,13H,4-5,7H2,1-3H3,(H,20,21)(H,22,23)/p-1/t13-/m0/s1. The van der Waals surface area contributed by atoms with Crippen molar-refractivity contribution in [3.8, 4) is 5.75 Å². The summed E-state index contributed by atoms with van der Waals surface area (Å²) in [4.78, 5) is 35.7. The molecule has 0 saturated heterocycles. The van der Waals surface area contributed by atoms with Crippen LogP contribution >= 0.6 is 23.4 Å². The Morgan fingerprint density at radius 2 is 2.11 bits per heavy atom. The Morgan fingerprint density at radius 3 is 2.70 bits per heavy atom. The Morgan fingerprint density at radius 1 is 1.41 bits per heavy atom. The van der Waals surface area contributed by atoms with Crippen molar-refractivity contribution >= 4 is 46.2 Å². The van der Waals surface area contributed by atoms with Crippen molar-refractivity contribution in [2.45, 2.75) is 25.8 Å². The van der Waals surface area contributed by atoms with Gasteiger partial charge in [-0.25, -0.2) is 4.79 Å². The van der Waals surface area contributed by atoms with Crippen LogP contribution in [0.5, 0.6) is 5.75 Å². The minimum Gasteiger partial charge on any atom is -0.548 e. The van der Waals surface area contributed by atoms with E-state index in [1.54, 1.807) is 13.0 Å². The number of aliphatic carboxylic acids is 1. The first-order chi connectivity index (χ1) is 12.8. The average molecular weight is 413 g/mol. The van der Waals surface area contributed by atoms with E-state index in [9.17, 15) is 19.5 Å². The summed E-state index contributed by atoms with van der Waals surface area (Å²) in [6.07, 6.45) is 1.75. The van der Waals surface area contributed by atoms with Crippen LogP contribution in [-0.4, -0.2) is 37.0 Å². The number of hydrogen-bond donors (Lipinski definition) is 1. The Balaban J connectivity index is 2.31. The van der Waals surface area contributed by atoms with E-state index in [4.69, 9.17) is 20.8 Å². The summed E-state index contributed by atoms with van der Waals surface area (Å²) in [5.41, 5.74) is 0.294. The zero-order chi connectivity index (χ0) is 20.1. The number of carbonyl (C=O) groups is 2. The van der Waals surface area contributed by atoms with E-state index < -0.39 is 23.5 Å². The number of nitrogens with one attached hydrogen (secondary N) is 1. The number of rotatable bonds is 8. The number of aryl methyl sites for hydroxylation is 1. The molecule has 1 aromatic carbocycles. The van der Waals surface area contributed by atoms with Crippen molar-refractivity contribution in [1.29, 1.82) is 0 Å². The van der Waals surface area contributed by atoms with Gasteiger partial charge in [0.1, 0.15) is 11.3 Å². The van der Waals surface area contributed by atoms with Gasteiger partial charge in [-0.3, -0.25) is 4.79 Å². The number of ether oxygens (including phenoxy) is 1. The highest BCUT2D eigenvalue weighted by molar-refractivity contribution is 7.98. The highest BCUT2D eigenvalue weighted by Gasteiger charge is 2.19. The fraction of sp³-hybridized carbons (Fsp3) is 0.389. The zero-order valence-electron chi connectivity index (χ0n) is 15.1. The highest BCUT2D eigenvalue weighted by Crippen LogP contribution is 2.31. The molecule has 1 heterocycles. The third-order valence-electron chi connectivity index (χ3n) is 4.13. The van der Waals surface area contributed by atoms with Crippen LogP contribution in [0.2, 0.25) is 5.02 Å². The van der Waals surface area contributed by atoms with Gasteiger partial charge in [-0.2, -0.15) is 11.8 Å². The molecule has 0 bridgehead atoms. The molecule has 27 heavy (non-hydrogen) atoms. The molecule has 146 valence electrons. The van der Waals surface area contributed by atoms with Crippen molar-refractivity contribution in [2.24, 2.45) is 0 Å². The van der Waals surface area contributed by atoms with Gasteiger partial charge in [0.2, 0.25) is 5.91 Å². The van der Waals surface area contributed by atoms with Gasteiger partial charge in [0.15, 0.2) is 0 Å². The third-order valence-corrected chi connectivity index (χ3v) is 5.07. The SMILES string of the molecule is COc1cc2oc(=O)c(CC(=O)N[C@@H](CCSC)C(=O)[O-])c(C)c2cc1Cl. The number of benzene rings is 1. The van der Waals surface area contributed by atoms with Gasteiger partial charge in [-0.15, -0.1) is 0 Å². The predicted octanol–water partition coefficient (Wildman–Crippen LogP) is 1.29. The maximum absolute atomic E-state index is 12.3. The maximum atomic E-state index is 12.3. The lowest BCUT2D eigenvalue weighted by Gasteiger charge is -2.19. The van der Waals surface area contributed by atoms with E-state index in [-0.39, 0.29) is 24.0 Å². The van der Waals surface area contributed by atoms with E-state index in [2.05, 4.69) is 5.32 Å². The first-order valence-corrected chi connectivity index (χ1v) is 9.84. The Labute approximate surface area is 165 Å². The van der Waals surface area contributed by atoms with Gasteiger partial charge in [0.05, 0.1) is 36.1 Å². The number of hydrogen-bond acceptors (Lipinski definition) is 7. The van der Waals surface area contributed by atoms with Crippen LogP contribution in [0.15, 0.2) is 21.3 Å². The average Bonchev–Trinajstić information content (AvgIpc) is 2.62. The molecule has 0 unspecified atom stereocenters. The van der Waals surface area contributed by atoms with Crippen molar-refractivity contribution < 1.29 is 23.8 Å². The number of thioether (sulfide) groups is 1. The second-order valence-corrected chi connectivity index (χ2v) is 7.27. The van der Waals surface area contributed by atoms with Crippen LogP contribution in [0, 0.1) is 6.92 Å². The molecule has 0 saturated carbocycles. The summed E-state index contributed by atoms with van der Waals surface area (Å²) < 4.78 is 10.4. The topological polar surface area (TPSA) is 109 Å². The van der Waals surface area contributed by atoms with Crippen LogP contribution in [-0.2, 0) is 16.0 Å². The monoisotopic (exact) mass is 412 g/mol. The second kappa shape index (κ2) is 9.14. The second-order valence-electron chi connectivity index (χ2n) is 5.87. The van der Waals surface area contributed by atoms with Crippen LogP contribution < -0.4 is 20.8 Å². The maximum Gasteiger partial charge on any atom is 0.340 e. The first-order valence-electron chi connectivity index (χ1n) is 8.07. The summed E-state index contributed by atoms with van der Waals surface area (Å²) in [7, 11) is 1.45. The van der Waals surface area contributed by atoms with Gasteiger partial charge in [-0.1, -0.05) is 11.6 Å². The van der Waals surface area contributed by atoms with Crippen molar-refractivity contribution in [1.82, 2.24) is 5.32 Å². The molecule has 1 amide bonds. The Hall–Kier alpha value is -2.19. The number of carboxylic acid groups (broad SMARTS) is 1. The van der Waals surface area contributed by atoms with Gasteiger partial charge in [0.25, 0.3) is 0 Å². The highest BCUT2D eigenvalue weighted by atomic mass is 35.5. The molecule has 0 fully saturated rings. The van der Waals surface area contributed by atoms with Gasteiger partial charge >= 0.3 is 5.63 Å². The van der Waals surface area contributed by atoms with Crippen LogP contribution in [0.4, 0.5) is 0 Å². The molecule has 2 rings (SSSR count). The molecule has 9 heteroatoms. The molecular formula is C18H19ClNO6S-. The molecule has 2 aromatic rings. The molecule has 0 aliphatic carbocycles. The fourth-order valence-electron chi connectivity index (χ4n) is 2.64. The summed E-state index contributed by atoms with van der Waals surface area (Å²) in [6, 6.07) is 1.99. The molecule has 1 atom stereocenters. The number of fused-ring (bicyclic) bond motifs is 1. The molecule has 1 N–H and O–H groups in total. The quantitative estimate of drug-likeness (QED) is 0.650. The predicted molar refractivity (Wildman–Crippen MR) is 102 cm³/mol. The lowest BCUT2D eigenvalue weighted by Crippen LogP contribution is -2.48. The number of carboxylic acids is 1. The summed E-state index contributed by atoms with van der Waals surface area (Å²) in [5, 5.41) is 14.5.